The first-order valence-electron chi connectivity index (χ1n) is 8.75. The minimum Gasteiger partial charge on any atom is -0.386 e. The predicted molar refractivity (Wildman–Crippen MR) is 103 cm³/mol. The number of aliphatic hydroxyl groups excluding tert-OH is 1. The summed E-state index contributed by atoms with van der Waals surface area (Å²) in [6.45, 7) is 0. The zero-order chi connectivity index (χ0) is 18.6. The number of nitrogens with zero attached hydrogens (tertiary/aromatic N) is 2. The number of imidazole rings is 1. The van der Waals surface area contributed by atoms with Crippen LogP contribution in [0.2, 0.25) is 0 Å². The van der Waals surface area contributed by atoms with Gasteiger partial charge in [-0.1, -0.05) is 66.7 Å². The molecule has 0 unspecified atom stereocenters. The topological polar surface area (TPSA) is 66.6 Å². The maximum atomic E-state index is 12.8. The third kappa shape index (κ3) is 3.59. The zero-order valence-electron chi connectivity index (χ0n) is 14.6. The van der Waals surface area contributed by atoms with Crippen molar-refractivity contribution in [1.82, 2.24) is 14.7 Å². The Kier molecular flexibility index (Phi) is 4.68. The summed E-state index contributed by atoms with van der Waals surface area (Å²) < 4.78 is 1.79. The fourth-order valence-electron chi connectivity index (χ4n) is 3.11. The molecule has 134 valence electrons. The first-order chi connectivity index (χ1) is 13.2. The Hall–Kier alpha value is -3.44. The van der Waals surface area contributed by atoms with E-state index in [1.54, 1.807) is 10.6 Å². The van der Waals surface area contributed by atoms with Gasteiger partial charge in [0, 0.05) is 12.4 Å². The van der Waals surface area contributed by atoms with E-state index in [1.165, 1.54) is 0 Å². The normalized spacial score (nSPS) is 13.2. The number of nitrogens with one attached hydrogen (secondary N) is 1. The van der Waals surface area contributed by atoms with Crippen molar-refractivity contribution in [2.75, 3.05) is 0 Å². The number of fused-ring (bicyclic) bond motifs is 1. The number of hydrogen-bond donors (Lipinski definition) is 2. The number of hydrogen-bond acceptors (Lipinski definition) is 3. The van der Waals surface area contributed by atoms with E-state index in [1.807, 2.05) is 85.1 Å². The Labute approximate surface area is 156 Å². The summed E-state index contributed by atoms with van der Waals surface area (Å²) in [7, 11) is 0. The van der Waals surface area contributed by atoms with Gasteiger partial charge in [0.15, 0.2) is 0 Å². The van der Waals surface area contributed by atoms with Crippen LogP contribution in [0.1, 0.15) is 33.8 Å². The monoisotopic (exact) mass is 357 g/mol. The molecule has 0 fully saturated rings. The van der Waals surface area contributed by atoms with Crippen LogP contribution in [0.3, 0.4) is 0 Å². The number of carbonyl (C=O) groups excluding carboxylic acids is 1. The molecular weight excluding hydrogens is 338 g/mol. The third-order valence-electron chi connectivity index (χ3n) is 4.50. The quantitative estimate of drug-likeness (QED) is 0.574. The molecule has 0 saturated heterocycles. The second-order valence-corrected chi connectivity index (χ2v) is 6.31. The molecule has 0 radical (unpaired) electrons. The second-order valence-electron chi connectivity index (χ2n) is 6.31. The molecule has 2 aromatic carbocycles. The van der Waals surface area contributed by atoms with E-state index < -0.39 is 12.1 Å². The fraction of sp³-hybridized carbons (Fsp3) is 0.0909. The van der Waals surface area contributed by atoms with Crippen LogP contribution in [-0.2, 0) is 0 Å². The Morgan fingerprint density at radius 1 is 0.889 bits per heavy atom. The van der Waals surface area contributed by atoms with E-state index in [4.69, 9.17) is 0 Å². The van der Waals surface area contributed by atoms with Crippen molar-refractivity contribution in [1.29, 1.82) is 0 Å². The van der Waals surface area contributed by atoms with Crippen LogP contribution in [0.25, 0.3) is 5.65 Å². The van der Waals surface area contributed by atoms with E-state index in [9.17, 15) is 9.90 Å². The first-order valence-corrected chi connectivity index (χ1v) is 8.75. The van der Waals surface area contributed by atoms with Gasteiger partial charge in [-0.25, -0.2) is 4.98 Å². The van der Waals surface area contributed by atoms with Crippen molar-refractivity contribution < 1.29 is 9.90 Å². The van der Waals surface area contributed by atoms with Crippen LogP contribution in [0.4, 0.5) is 0 Å². The van der Waals surface area contributed by atoms with E-state index in [0.29, 0.717) is 11.3 Å². The number of rotatable bonds is 5. The maximum Gasteiger partial charge on any atom is 0.272 e. The lowest BCUT2D eigenvalue weighted by molar-refractivity contribution is 0.0827. The van der Waals surface area contributed by atoms with E-state index in [2.05, 4.69) is 10.3 Å². The summed E-state index contributed by atoms with van der Waals surface area (Å²) >= 11 is 0. The Bertz CT molecular complexity index is 1010. The van der Waals surface area contributed by atoms with Crippen LogP contribution in [0, 0.1) is 0 Å². The third-order valence-corrected chi connectivity index (χ3v) is 4.50. The van der Waals surface area contributed by atoms with Gasteiger partial charge in [-0.05, 0) is 23.3 Å². The molecule has 5 heteroatoms. The zero-order valence-corrected chi connectivity index (χ0v) is 14.6. The molecule has 5 nitrogen and oxygen atoms in total. The predicted octanol–water partition coefficient (Wildman–Crippen LogP) is 3.54. The molecule has 0 bridgehead atoms. The highest BCUT2D eigenvalue weighted by atomic mass is 16.3. The standard InChI is InChI=1S/C22H19N3O2/c26-21(17-11-5-2-6-12-17)20(16-9-3-1-4-10-16)24-22(27)18-15-25-14-8-7-13-19(25)23-18/h1-15,20-21,26H,(H,24,27)/t20-,21+/m1/s1. The fourth-order valence-corrected chi connectivity index (χ4v) is 3.11. The van der Waals surface area contributed by atoms with Gasteiger partial charge in [0.25, 0.3) is 5.91 Å². The Morgan fingerprint density at radius 3 is 2.19 bits per heavy atom. The van der Waals surface area contributed by atoms with Gasteiger partial charge < -0.3 is 14.8 Å². The molecular formula is C22H19N3O2. The molecule has 2 N–H and O–H groups in total. The summed E-state index contributed by atoms with van der Waals surface area (Å²) in [6, 6.07) is 23.8. The molecule has 0 spiro atoms. The summed E-state index contributed by atoms with van der Waals surface area (Å²) in [5.41, 5.74) is 2.57. The minimum atomic E-state index is -0.880. The largest absolute Gasteiger partial charge is 0.386 e. The molecule has 0 aliphatic carbocycles. The van der Waals surface area contributed by atoms with Crippen LogP contribution < -0.4 is 5.32 Å². The van der Waals surface area contributed by atoms with Gasteiger partial charge in [-0.15, -0.1) is 0 Å². The number of pyridine rings is 1. The Morgan fingerprint density at radius 2 is 1.52 bits per heavy atom. The van der Waals surface area contributed by atoms with Crippen molar-refractivity contribution in [2.45, 2.75) is 12.1 Å². The van der Waals surface area contributed by atoms with Gasteiger partial charge >= 0.3 is 0 Å². The highest BCUT2D eigenvalue weighted by Gasteiger charge is 2.25. The molecule has 2 aromatic heterocycles. The van der Waals surface area contributed by atoms with Crippen LogP contribution in [-0.4, -0.2) is 20.4 Å². The van der Waals surface area contributed by atoms with Crippen molar-refractivity contribution in [3.63, 3.8) is 0 Å². The summed E-state index contributed by atoms with van der Waals surface area (Å²) in [5.74, 6) is -0.331. The number of aromatic nitrogens is 2. The van der Waals surface area contributed by atoms with Crippen LogP contribution in [0.15, 0.2) is 91.3 Å². The molecule has 0 aliphatic heterocycles. The highest BCUT2D eigenvalue weighted by Crippen LogP contribution is 2.29. The van der Waals surface area contributed by atoms with E-state index >= 15 is 0 Å². The molecule has 0 aliphatic rings. The lowest BCUT2D eigenvalue weighted by Gasteiger charge is -2.24. The second kappa shape index (κ2) is 7.43. The van der Waals surface area contributed by atoms with Gasteiger partial charge in [0.05, 0.1) is 6.04 Å². The van der Waals surface area contributed by atoms with Gasteiger partial charge in [-0.3, -0.25) is 4.79 Å². The van der Waals surface area contributed by atoms with Crippen LogP contribution >= 0.6 is 0 Å². The molecule has 4 rings (SSSR count). The van der Waals surface area contributed by atoms with Crippen molar-refractivity contribution >= 4 is 11.6 Å². The van der Waals surface area contributed by atoms with Gasteiger partial charge in [0.1, 0.15) is 17.4 Å². The maximum absolute atomic E-state index is 12.8. The average molecular weight is 357 g/mol. The van der Waals surface area contributed by atoms with Crippen molar-refractivity contribution in [3.8, 4) is 0 Å². The SMILES string of the molecule is O=C(N[C@H](c1ccccc1)[C@@H](O)c1ccccc1)c1cn2ccccc2n1. The lowest BCUT2D eigenvalue weighted by Crippen LogP contribution is -2.33. The molecule has 0 saturated carbocycles. The molecule has 27 heavy (non-hydrogen) atoms. The van der Waals surface area contributed by atoms with Crippen molar-refractivity contribution in [3.05, 3.63) is 108 Å². The van der Waals surface area contributed by atoms with E-state index in [0.717, 1.165) is 11.1 Å². The molecule has 1 amide bonds. The summed E-state index contributed by atoms with van der Waals surface area (Å²) in [6.07, 6.45) is 2.64. The number of carbonyl (C=O) groups is 1. The smallest absolute Gasteiger partial charge is 0.272 e. The number of benzene rings is 2. The number of aliphatic hydroxyl groups is 1. The van der Waals surface area contributed by atoms with Crippen molar-refractivity contribution in [2.24, 2.45) is 0 Å². The van der Waals surface area contributed by atoms with Crippen LogP contribution in [0.5, 0.6) is 0 Å². The van der Waals surface area contributed by atoms with Gasteiger partial charge in [0.2, 0.25) is 0 Å². The molecule has 4 aromatic rings. The minimum absolute atomic E-state index is 0.308. The Balaban J connectivity index is 1.65. The van der Waals surface area contributed by atoms with Gasteiger partial charge in [-0.2, -0.15) is 0 Å². The lowest BCUT2D eigenvalue weighted by atomic mass is 9.95. The summed E-state index contributed by atoms with van der Waals surface area (Å²) in [4.78, 5) is 17.2. The number of amides is 1. The molecule has 2 heterocycles. The first kappa shape index (κ1) is 17.0. The molecule has 2 atom stereocenters. The van der Waals surface area contributed by atoms with E-state index in [-0.39, 0.29) is 5.91 Å². The summed E-state index contributed by atoms with van der Waals surface area (Å²) in [5, 5.41) is 13.9. The average Bonchev–Trinajstić information content (AvgIpc) is 3.17. The highest BCUT2D eigenvalue weighted by molar-refractivity contribution is 5.93.